The number of aromatic nitrogens is 1. The van der Waals surface area contributed by atoms with Crippen LogP contribution in [0.3, 0.4) is 0 Å². The Kier molecular flexibility index (Phi) is 4.22. The average Bonchev–Trinajstić information content (AvgIpc) is 3.38. The summed E-state index contributed by atoms with van der Waals surface area (Å²) in [5, 5.41) is 19.7. The van der Waals surface area contributed by atoms with E-state index >= 15 is 4.39 Å². The van der Waals surface area contributed by atoms with E-state index in [0.717, 1.165) is 25.3 Å². The molecule has 0 unspecified atom stereocenters. The van der Waals surface area contributed by atoms with Gasteiger partial charge in [0.25, 0.3) is 0 Å². The largest absolute Gasteiger partial charge is 0.477 e. The first kappa shape index (κ1) is 18.0. The molecule has 2 aliphatic rings. The molecule has 2 N–H and O–H groups in total. The van der Waals surface area contributed by atoms with E-state index in [2.05, 4.69) is 0 Å². The number of nitrogens with zero attached hydrogens (tertiary/aromatic N) is 2. The van der Waals surface area contributed by atoms with E-state index < -0.39 is 23.3 Å². The number of fused-ring (bicyclic) bond motifs is 1. The molecule has 1 saturated carbocycles. The third kappa shape index (κ3) is 2.81. The Morgan fingerprint density at radius 3 is 2.59 bits per heavy atom. The summed E-state index contributed by atoms with van der Waals surface area (Å²) in [6, 6.07) is 1.30. The standard InChI is InChI=1S/C20H23FN2O4/c1-3-11-7-22(9-16(11)24)18-10(2)17-13(6-15(18)21)19(25)14(20(26)27)8-23(17)12-4-5-12/h6,8,11-12,16,24H,3-5,7,9H2,1-2H3,(H,26,27)/t11-,16+/m0/s1. The number of aliphatic hydroxyl groups excluding tert-OH is 1. The van der Waals surface area contributed by atoms with Gasteiger partial charge in [-0.1, -0.05) is 6.92 Å². The summed E-state index contributed by atoms with van der Waals surface area (Å²) in [7, 11) is 0. The van der Waals surface area contributed by atoms with Crippen molar-refractivity contribution in [3.05, 3.63) is 39.4 Å². The molecule has 0 bridgehead atoms. The van der Waals surface area contributed by atoms with Gasteiger partial charge in [-0.3, -0.25) is 4.79 Å². The van der Waals surface area contributed by atoms with Crippen molar-refractivity contribution < 1.29 is 19.4 Å². The molecular weight excluding hydrogens is 351 g/mol. The number of rotatable bonds is 4. The average molecular weight is 374 g/mol. The van der Waals surface area contributed by atoms with E-state index in [1.165, 1.54) is 6.20 Å². The Balaban J connectivity index is 1.96. The van der Waals surface area contributed by atoms with Crippen molar-refractivity contribution in [3.63, 3.8) is 0 Å². The molecule has 1 aliphatic carbocycles. The van der Waals surface area contributed by atoms with Crippen molar-refractivity contribution in [2.75, 3.05) is 18.0 Å². The Morgan fingerprint density at radius 1 is 1.33 bits per heavy atom. The van der Waals surface area contributed by atoms with E-state index in [9.17, 15) is 19.8 Å². The lowest BCUT2D eigenvalue weighted by molar-refractivity contribution is 0.0694. The summed E-state index contributed by atoms with van der Waals surface area (Å²) in [5.41, 5.74) is 0.627. The Bertz CT molecular complexity index is 996. The van der Waals surface area contributed by atoms with Crippen LogP contribution in [-0.4, -0.2) is 39.9 Å². The highest BCUT2D eigenvalue weighted by Gasteiger charge is 2.34. The number of hydrogen-bond acceptors (Lipinski definition) is 4. The van der Waals surface area contributed by atoms with Crippen LogP contribution in [0.15, 0.2) is 17.1 Å². The number of aliphatic hydroxyl groups is 1. The van der Waals surface area contributed by atoms with Gasteiger partial charge in [-0.05, 0) is 37.8 Å². The molecule has 1 aromatic carbocycles. The zero-order valence-corrected chi connectivity index (χ0v) is 15.4. The first-order valence-electron chi connectivity index (χ1n) is 9.37. The van der Waals surface area contributed by atoms with Crippen molar-refractivity contribution in [2.24, 2.45) is 5.92 Å². The first-order valence-corrected chi connectivity index (χ1v) is 9.37. The summed E-state index contributed by atoms with van der Waals surface area (Å²) < 4.78 is 16.9. The summed E-state index contributed by atoms with van der Waals surface area (Å²) >= 11 is 0. The Hall–Kier alpha value is -2.41. The van der Waals surface area contributed by atoms with E-state index in [-0.39, 0.29) is 22.9 Å². The first-order chi connectivity index (χ1) is 12.8. The second-order valence-corrected chi connectivity index (χ2v) is 7.68. The zero-order chi connectivity index (χ0) is 19.5. The second kappa shape index (κ2) is 6.34. The minimum Gasteiger partial charge on any atom is -0.477 e. The number of benzene rings is 1. The van der Waals surface area contributed by atoms with Gasteiger partial charge < -0.3 is 19.7 Å². The van der Waals surface area contributed by atoms with Gasteiger partial charge in [0.1, 0.15) is 11.4 Å². The molecule has 1 aliphatic heterocycles. The fraction of sp³-hybridized carbons (Fsp3) is 0.500. The maximum Gasteiger partial charge on any atom is 0.341 e. The van der Waals surface area contributed by atoms with Crippen LogP contribution in [0.4, 0.5) is 10.1 Å². The van der Waals surface area contributed by atoms with Crippen LogP contribution in [0.1, 0.15) is 48.1 Å². The number of anilines is 1. The van der Waals surface area contributed by atoms with Gasteiger partial charge in [0.15, 0.2) is 0 Å². The van der Waals surface area contributed by atoms with Gasteiger partial charge in [-0.15, -0.1) is 0 Å². The van der Waals surface area contributed by atoms with Crippen LogP contribution in [-0.2, 0) is 0 Å². The molecule has 2 atom stereocenters. The van der Waals surface area contributed by atoms with Gasteiger partial charge in [-0.2, -0.15) is 0 Å². The number of carbonyl (C=O) groups is 1. The molecule has 27 heavy (non-hydrogen) atoms. The number of carboxylic acids is 1. The molecule has 4 rings (SSSR count). The minimum atomic E-state index is -1.30. The van der Waals surface area contributed by atoms with E-state index in [1.807, 2.05) is 16.4 Å². The van der Waals surface area contributed by atoms with Crippen LogP contribution in [0.25, 0.3) is 10.9 Å². The normalized spacial score (nSPS) is 22.6. The molecule has 1 aromatic heterocycles. The molecule has 144 valence electrons. The van der Waals surface area contributed by atoms with Crippen molar-refractivity contribution in [3.8, 4) is 0 Å². The van der Waals surface area contributed by atoms with Crippen LogP contribution in [0, 0.1) is 18.7 Å². The topological polar surface area (TPSA) is 82.8 Å². The highest BCUT2D eigenvalue weighted by atomic mass is 19.1. The molecule has 0 spiro atoms. The third-order valence-corrected chi connectivity index (χ3v) is 5.90. The highest BCUT2D eigenvalue weighted by Crippen LogP contribution is 2.40. The fourth-order valence-electron chi connectivity index (χ4n) is 4.29. The van der Waals surface area contributed by atoms with Gasteiger partial charge >= 0.3 is 5.97 Å². The zero-order valence-electron chi connectivity index (χ0n) is 15.4. The fourth-order valence-corrected chi connectivity index (χ4v) is 4.29. The van der Waals surface area contributed by atoms with Gasteiger partial charge in [0.05, 0.1) is 17.3 Å². The summed E-state index contributed by atoms with van der Waals surface area (Å²) in [5.74, 6) is -1.77. The lowest BCUT2D eigenvalue weighted by Crippen LogP contribution is -2.25. The number of aryl methyl sites for hydroxylation is 1. The van der Waals surface area contributed by atoms with Gasteiger partial charge in [0, 0.05) is 36.6 Å². The SMILES string of the molecule is CC[C@H]1CN(c2c(F)cc3c(=O)c(C(=O)O)cn(C4CC4)c3c2C)C[C@H]1O. The lowest BCUT2D eigenvalue weighted by atomic mass is 10.0. The quantitative estimate of drug-likeness (QED) is 0.860. The molecule has 6 nitrogen and oxygen atoms in total. The molecule has 7 heteroatoms. The van der Waals surface area contributed by atoms with Crippen molar-refractivity contribution in [1.29, 1.82) is 0 Å². The molecule has 2 aromatic rings. The third-order valence-electron chi connectivity index (χ3n) is 5.90. The number of halogens is 1. The van der Waals surface area contributed by atoms with Crippen molar-refractivity contribution >= 4 is 22.6 Å². The maximum atomic E-state index is 15.0. The summed E-state index contributed by atoms with van der Waals surface area (Å²) in [6.07, 6.45) is 3.50. The summed E-state index contributed by atoms with van der Waals surface area (Å²) in [4.78, 5) is 25.9. The molecule has 0 amide bonds. The minimum absolute atomic E-state index is 0.0829. The van der Waals surface area contributed by atoms with Crippen LogP contribution < -0.4 is 10.3 Å². The van der Waals surface area contributed by atoms with Gasteiger partial charge in [-0.25, -0.2) is 9.18 Å². The van der Waals surface area contributed by atoms with Gasteiger partial charge in [0.2, 0.25) is 5.43 Å². The number of carboxylic acid groups (broad SMARTS) is 1. The number of aromatic carboxylic acids is 1. The second-order valence-electron chi connectivity index (χ2n) is 7.68. The number of β-amino-alcohol motifs (C(OH)–C–C–N with tert-alkyl or cyclic N) is 1. The van der Waals surface area contributed by atoms with Crippen molar-refractivity contribution in [2.45, 2.75) is 45.3 Å². The highest BCUT2D eigenvalue weighted by molar-refractivity contribution is 5.95. The maximum absolute atomic E-state index is 15.0. The Labute approximate surface area is 155 Å². The molecule has 2 heterocycles. The predicted octanol–water partition coefficient (Wildman–Crippen LogP) is 2.69. The Morgan fingerprint density at radius 2 is 2.04 bits per heavy atom. The van der Waals surface area contributed by atoms with Crippen LogP contribution >= 0.6 is 0 Å². The van der Waals surface area contributed by atoms with E-state index in [4.69, 9.17) is 0 Å². The molecule has 2 fully saturated rings. The molecular formula is C20H23FN2O4. The predicted molar refractivity (Wildman–Crippen MR) is 100 cm³/mol. The smallest absolute Gasteiger partial charge is 0.341 e. The molecule has 0 radical (unpaired) electrons. The van der Waals surface area contributed by atoms with E-state index in [1.54, 1.807) is 6.92 Å². The number of pyridine rings is 1. The molecule has 1 saturated heterocycles. The van der Waals surface area contributed by atoms with E-state index in [0.29, 0.717) is 29.9 Å². The number of hydrogen-bond donors (Lipinski definition) is 2. The van der Waals surface area contributed by atoms with Crippen LogP contribution in [0.5, 0.6) is 0 Å². The monoisotopic (exact) mass is 374 g/mol. The lowest BCUT2D eigenvalue weighted by Gasteiger charge is -2.24. The van der Waals surface area contributed by atoms with Crippen LogP contribution in [0.2, 0.25) is 0 Å². The van der Waals surface area contributed by atoms with Crippen molar-refractivity contribution in [1.82, 2.24) is 4.57 Å². The summed E-state index contributed by atoms with van der Waals surface area (Å²) in [6.45, 7) is 4.68.